The lowest BCUT2D eigenvalue weighted by molar-refractivity contribution is -0.116. The maximum atomic E-state index is 12.0. The van der Waals surface area contributed by atoms with E-state index in [1.54, 1.807) is 30.5 Å². The van der Waals surface area contributed by atoms with Crippen molar-refractivity contribution in [2.75, 3.05) is 11.1 Å². The smallest absolute Gasteiger partial charge is 0.264 e. The van der Waals surface area contributed by atoms with Gasteiger partial charge in [-0.2, -0.15) is 0 Å². The molecule has 0 fully saturated rings. The van der Waals surface area contributed by atoms with Crippen LogP contribution in [0.4, 0.5) is 11.4 Å². The lowest BCUT2D eigenvalue weighted by Gasteiger charge is -2.10. The van der Waals surface area contributed by atoms with Crippen molar-refractivity contribution in [3.8, 4) is 0 Å². The molecule has 2 aromatic rings. The fourth-order valence-electron chi connectivity index (χ4n) is 1.89. The second-order valence-corrected chi connectivity index (χ2v) is 5.58. The number of benzene rings is 1. The van der Waals surface area contributed by atoms with Gasteiger partial charge in [-0.25, -0.2) is 0 Å². The van der Waals surface area contributed by atoms with Gasteiger partial charge < -0.3 is 15.6 Å². The van der Waals surface area contributed by atoms with E-state index in [0.29, 0.717) is 22.4 Å². The molecule has 0 unspecified atom stereocenters. The van der Waals surface area contributed by atoms with E-state index in [1.165, 1.54) is 4.57 Å². The number of halogens is 1. The average Bonchev–Trinajstić information content (AvgIpc) is 2.44. The van der Waals surface area contributed by atoms with Gasteiger partial charge in [-0.15, -0.1) is 0 Å². The monoisotopic (exact) mass is 349 g/mol. The number of amides is 1. The Balaban J connectivity index is 2.01. The fraction of sp³-hybridized carbons (Fsp3) is 0.200. The van der Waals surface area contributed by atoms with Crippen LogP contribution in [0.1, 0.15) is 12.0 Å². The van der Waals surface area contributed by atoms with E-state index in [4.69, 9.17) is 5.73 Å². The summed E-state index contributed by atoms with van der Waals surface area (Å²) in [6.07, 6.45) is 1.87. The number of carbonyl (C=O) groups excluding carboxylic acids is 1. The van der Waals surface area contributed by atoms with Gasteiger partial charge in [0.15, 0.2) is 0 Å². The number of rotatable bonds is 4. The van der Waals surface area contributed by atoms with E-state index in [2.05, 4.69) is 21.2 Å². The molecule has 1 aromatic heterocycles. The number of nitrogen functional groups attached to an aromatic ring is 1. The minimum absolute atomic E-state index is 0.148. The zero-order valence-corrected chi connectivity index (χ0v) is 13.2. The molecule has 1 heterocycles. The number of pyridine rings is 1. The van der Waals surface area contributed by atoms with Crippen molar-refractivity contribution in [2.45, 2.75) is 19.9 Å². The maximum absolute atomic E-state index is 12.0. The Bertz CT molecular complexity index is 725. The fourth-order valence-corrected chi connectivity index (χ4v) is 2.27. The third-order valence-corrected chi connectivity index (χ3v) is 3.69. The van der Waals surface area contributed by atoms with Crippen LogP contribution in [0.2, 0.25) is 0 Å². The SMILES string of the molecule is Cc1ccc(N)cc1NC(=O)CCn1cccc(Br)c1=O. The first-order chi connectivity index (χ1) is 9.97. The second kappa shape index (κ2) is 6.58. The van der Waals surface area contributed by atoms with Crippen molar-refractivity contribution < 1.29 is 4.79 Å². The second-order valence-electron chi connectivity index (χ2n) is 4.73. The van der Waals surface area contributed by atoms with E-state index in [1.807, 2.05) is 13.0 Å². The lowest BCUT2D eigenvalue weighted by Crippen LogP contribution is -2.23. The van der Waals surface area contributed by atoms with Crippen molar-refractivity contribution in [3.05, 3.63) is 56.9 Å². The summed E-state index contributed by atoms with van der Waals surface area (Å²) in [5, 5.41) is 2.81. The zero-order chi connectivity index (χ0) is 15.4. The molecule has 5 nitrogen and oxygen atoms in total. The number of carbonyl (C=O) groups is 1. The molecule has 0 radical (unpaired) electrons. The minimum Gasteiger partial charge on any atom is -0.399 e. The molecule has 0 atom stereocenters. The van der Waals surface area contributed by atoms with Crippen LogP contribution in [0, 0.1) is 6.92 Å². The first kappa shape index (κ1) is 15.3. The standard InChI is InChI=1S/C15H16BrN3O2/c1-10-4-5-11(17)9-13(10)18-14(20)6-8-19-7-2-3-12(16)15(19)21/h2-5,7,9H,6,8,17H2,1H3,(H,18,20). The highest BCUT2D eigenvalue weighted by Gasteiger charge is 2.07. The average molecular weight is 350 g/mol. The Morgan fingerprint density at radius 1 is 1.38 bits per heavy atom. The number of anilines is 2. The van der Waals surface area contributed by atoms with Gasteiger partial charge in [0.25, 0.3) is 5.56 Å². The lowest BCUT2D eigenvalue weighted by atomic mass is 10.2. The molecule has 1 aromatic carbocycles. The molecule has 6 heteroatoms. The normalized spacial score (nSPS) is 10.4. The molecule has 2 rings (SSSR count). The number of nitrogens with two attached hydrogens (primary N) is 1. The molecule has 0 aliphatic carbocycles. The summed E-state index contributed by atoms with van der Waals surface area (Å²) in [4.78, 5) is 23.8. The van der Waals surface area contributed by atoms with E-state index in [0.717, 1.165) is 5.56 Å². The van der Waals surface area contributed by atoms with Crippen LogP contribution in [0.5, 0.6) is 0 Å². The summed E-state index contributed by atoms with van der Waals surface area (Å²) in [7, 11) is 0. The summed E-state index contributed by atoms with van der Waals surface area (Å²) in [6.45, 7) is 2.22. The van der Waals surface area contributed by atoms with E-state index >= 15 is 0 Å². The predicted molar refractivity (Wildman–Crippen MR) is 87.2 cm³/mol. The third-order valence-electron chi connectivity index (χ3n) is 3.09. The third kappa shape index (κ3) is 3.95. The number of hydrogen-bond donors (Lipinski definition) is 2. The molecular formula is C15H16BrN3O2. The summed E-state index contributed by atoms with van der Waals surface area (Å²) in [5.41, 5.74) is 7.79. The minimum atomic E-state index is -0.157. The van der Waals surface area contributed by atoms with E-state index < -0.39 is 0 Å². The molecule has 0 aliphatic rings. The quantitative estimate of drug-likeness (QED) is 0.832. The van der Waals surface area contributed by atoms with E-state index in [9.17, 15) is 9.59 Å². The van der Waals surface area contributed by atoms with Crippen LogP contribution >= 0.6 is 15.9 Å². The Labute approximate surface area is 130 Å². The van der Waals surface area contributed by atoms with Crippen LogP contribution < -0.4 is 16.6 Å². The van der Waals surface area contributed by atoms with Crippen molar-refractivity contribution >= 4 is 33.2 Å². The van der Waals surface area contributed by atoms with Crippen molar-refractivity contribution in [1.29, 1.82) is 0 Å². The van der Waals surface area contributed by atoms with Gasteiger partial charge in [-0.1, -0.05) is 6.07 Å². The molecule has 0 aliphatic heterocycles. The van der Waals surface area contributed by atoms with Gasteiger partial charge in [0.05, 0.1) is 4.47 Å². The van der Waals surface area contributed by atoms with Crippen LogP contribution in [0.15, 0.2) is 45.8 Å². The predicted octanol–water partition coefficient (Wildman–Crippen LogP) is 2.53. The molecule has 0 spiro atoms. The van der Waals surface area contributed by atoms with Crippen molar-refractivity contribution in [3.63, 3.8) is 0 Å². The van der Waals surface area contributed by atoms with Crippen molar-refractivity contribution in [1.82, 2.24) is 4.57 Å². The molecule has 110 valence electrons. The molecular weight excluding hydrogens is 334 g/mol. The first-order valence-electron chi connectivity index (χ1n) is 6.48. The van der Waals surface area contributed by atoms with Gasteiger partial charge in [0.1, 0.15) is 0 Å². The summed E-state index contributed by atoms with van der Waals surface area (Å²) < 4.78 is 1.98. The summed E-state index contributed by atoms with van der Waals surface area (Å²) >= 11 is 3.18. The van der Waals surface area contributed by atoms with Gasteiger partial charge in [-0.05, 0) is 52.7 Å². The Morgan fingerprint density at radius 3 is 2.90 bits per heavy atom. The van der Waals surface area contributed by atoms with Gasteiger partial charge in [0.2, 0.25) is 5.91 Å². The Kier molecular flexibility index (Phi) is 4.80. The highest BCUT2D eigenvalue weighted by molar-refractivity contribution is 9.10. The van der Waals surface area contributed by atoms with Crippen molar-refractivity contribution in [2.24, 2.45) is 0 Å². The maximum Gasteiger partial charge on any atom is 0.264 e. The highest BCUT2D eigenvalue weighted by Crippen LogP contribution is 2.18. The summed E-state index contributed by atoms with van der Waals surface area (Å²) in [5.74, 6) is -0.157. The first-order valence-corrected chi connectivity index (χ1v) is 7.27. The molecule has 21 heavy (non-hydrogen) atoms. The number of aromatic nitrogens is 1. The molecule has 1 amide bonds. The van der Waals surface area contributed by atoms with Crippen LogP contribution in [0.25, 0.3) is 0 Å². The Hall–Kier alpha value is -2.08. The van der Waals surface area contributed by atoms with Gasteiger partial charge in [-0.3, -0.25) is 9.59 Å². The van der Waals surface area contributed by atoms with Crippen LogP contribution in [-0.2, 0) is 11.3 Å². The van der Waals surface area contributed by atoms with Gasteiger partial charge in [0, 0.05) is 30.5 Å². The molecule has 0 saturated carbocycles. The highest BCUT2D eigenvalue weighted by atomic mass is 79.9. The van der Waals surface area contributed by atoms with Gasteiger partial charge >= 0.3 is 0 Å². The number of nitrogens with one attached hydrogen (secondary N) is 1. The molecule has 0 bridgehead atoms. The Morgan fingerprint density at radius 2 is 2.14 bits per heavy atom. The summed E-state index contributed by atoms with van der Waals surface area (Å²) in [6, 6.07) is 8.79. The van der Waals surface area contributed by atoms with E-state index in [-0.39, 0.29) is 17.9 Å². The van der Waals surface area contributed by atoms with Crippen LogP contribution in [0.3, 0.4) is 0 Å². The zero-order valence-electron chi connectivity index (χ0n) is 11.6. The topological polar surface area (TPSA) is 77.1 Å². The number of hydrogen-bond acceptors (Lipinski definition) is 3. The number of aryl methyl sites for hydroxylation is 2. The number of nitrogens with zero attached hydrogens (tertiary/aromatic N) is 1. The largest absolute Gasteiger partial charge is 0.399 e. The molecule has 3 N–H and O–H groups in total. The van der Waals surface area contributed by atoms with Crippen LogP contribution in [-0.4, -0.2) is 10.5 Å². The molecule has 0 saturated heterocycles.